The number of ether oxygens (including phenoxy) is 1. The lowest BCUT2D eigenvalue weighted by atomic mass is 10.2. The molecule has 0 saturated carbocycles. The third-order valence-electron chi connectivity index (χ3n) is 3.46. The van der Waals surface area contributed by atoms with Crippen LogP contribution >= 0.6 is 0 Å². The fourth-order valence-corrected chi connectivity index (χ4v) is 2.44. The normalized spacial score (nSPS) is 18.3. The molecule has 1 aliphatic heterocycles. The van der Waals surface area contributed by atoms with Crippen molar-refractivity contribution in [3.63, 3.8) is 0 Å². The lowest BCUT2D eigenvalue weighted by Crippen LogP contribution is -2.39. The number of carbonyl (C=O) groups excluding carboxylic acids is 1. The molecule has 1 saturated heterocycles. The number of anilines is 1. The van der Waals surface area contributed by atoms with E-state index in [4.69, 9.17) is 4.74 Å². The van der Waals surface area contributed by atoms with Gasteiger partial charge in [-0.15, -0.1) is 15.3 Å². The van der Waals surface area contributed by atoms with Gasteiger partial charge in [-0.1, -0.05) is 0 Å². The van der Waals surface area contributed by atoms with E-state index >= 15 is 0 Å². The third-order valence-corrected chi connectivity index (χ3v) is 3.46. The molecule has 1 fully saturated rings. The third kappa shape index (κ3) is 3.10. The summed E-state index contributed by atoms with van der Waals surface area (Å²) in [6.07, 6.45) is 2.48. The van der Waals surface area contributed by atoms with Crippen LogP contribution in [0.3, 0.4) is 0 Å². The maximum Gasteiger partial charge on any atom is 0.246 e. The number of nitrogens with one attached hydrogen (secondary N) is 1. The van der Waals surface area contributed by atoms with Crippen molar-refractivity contribution in [1.29, 1.82) is 0 Å². The first kappa shape index (κ1) is 13.7. The van der Waals surface area contributed by atoms with E-state index in [0.717, 1.165) is 31.0 Å². The number of amides is 1. The minimum Gasteiger partial charge on any atom is -0.372 e. The van der Waals surface area contributed by atoms with Gasteiger partial charge in [0.25, 0.3) is 0 Å². The van der Waals surface area contributed by atoms with Gasteiger partial charge in [0.05, 0.1) is 0 Å². The van der Waals surface area contributed by atoms with Gasteiger partial charge in [0.2, 0.25) is 5.91 Å². The molecule has 1 atom stereocenters. The van der Waals surface area contributed by atoms with E-state index in [9.17, 15) is 4.79 Å². The van der Waals surface area contributed by atoms with Crippen molar-refractivity contribution in [2.24, 2.45) is 0 Å². The zero-order valence-corrected chi connectivity index (χ0v) is 11.9. The van der Waals surface area contributed by atoms with Crippen LogP contribution in [0.2, 0.25) is 0 Å². The highest BCUT2D eigenvalue weighted by atomic mass is 16.5. The molecule has 1 N–H and O–H groups in total. The minimum absolute atomic E-state index is 0.0640. The fraction of sp³-hybridized carbons (Fsp3) is 0.538. The number of hydrogen-bond acceptors (Lipinski definition) is 6. The minimum atomic E-state index is -0.0640. The summed E-state index contributed by atoms with van der Waals surface area (Å²) in [4.78, 5) is 13.8. The maximum atomic E-state index is 11.7. The summed E-state index contributed by atoms with van der Waals surface area (Å²) in [5.41, 5.74) is 0.722. The zero-order chi connectivity index (χ0) is 14.7. The van der Waals surface area contributed by atoms with Gasteiger partial charge < -0.3 is 15.0 Å². The molecule has 1 amide bonds. The Balaban J connectivity index is 1.59. The first-order chi connectivity index (χ1) is 10.3. The van der Waals surface area contributed by atoms with Crippen LogP contribution in [0.15, 0.2) is 18.5 Å². The van der Waals surface area contributed by atoms with Crippen molar-refractivity contribution in [3.8, 4) is 0 Å². The number of rotatable bonds is 5. The van der Waals surface area contributed by atoms with E-state index in [1.54, 1.807) is 10.8 Å². The number of fused-ring (bicyclic) bond motifs is 1. The van der Waals surface area contributed by atoms with Crippen molar-refractivity contribution >= 4 is 17.4 Å². The van der Waals surface area contributed by atoms with Crippen LogP contribution in [-0.4, -0.2) is 58.1 Å². The van der Waals surface area contributed by atoms with E-state index in [-0.39, 0.29) is 18.6 Å². The SMILES string of the molecule is CCOCC(=O)N[C@H]1CCN(c2ccc3nncn3n2)C1. The second-order valence-electron chi connectivity index (χ2n) is 4.96. The summed E-state index contributed by atoms with van der Waals surface area (Å²) in [6.45, 7) is 4.15. The molecule has 2 aromatic heterocycles. The first-order valence-corrected chi connectivity index (χ1v) is 7.05. The molecule has 0 spiro atoms. The van der Waals surface area contributed by atoms with Gasteiger partial charge >= 0.3 is 0 Å². The average molecular weight is 290 g/mol. The van der Waals surface area contributed by atoms with Crippen LogP contribution in [0.1, 0.15) is 13.3 Å². The fourth-order valence-electron chi connectivity index (χ4n) is 2.44. The van der Waals surface area contributed by atoms with Gasteiger partial charge in [0.15, 0.2) is 5.65 Å². The monoisotopic (exact) mass is 290 g/mol. The Hall–Kier alpha value is -2.22. The van der Waals surface area contributed by atoms with Crippen molar-refractivity contribution in [2.45, 2.75) is 19.4 Å². The summed E-state index contributed by atoms with van der Waals surface area (Å²) in [5.74, 6) is 0.801. The lowest BCUT2D eigenvalue weighted by Gasteiger charge is -2.17. The van der Waals surface area contributed by atoms with Crippen molar-refractivity contribution in [1.82, 2.24) is 25.1 Å². The number of carbonyl (C=O) groups is 1. The van der Waals surface area contributed by atoms with E-state index < -0.39 is 0 Å². The van der Waals surface area contributed by atoms with E-state index in [0.29, 0.717) is 6.61 Å². The quantitative estimate of drug-likeness (QED) is 0.825. The van der Waals surface area contributed by atoms with Crippen molar-refractivity contribution in [2.75, 3.05) is 31.2 Å². The van der Waals surface area contributed by atoms with Gasteiger partial charge in [-0.05, 0) is 25.5 Å². The Kier molecular flexibility index (Phi) is 3.96. The molecule has 2 aromatic rings. The molecule has 1 aliphatic rings. The van der Waals surface area contributed by atoms with Crippen LogP contribution < -0.4 is 10.2 Å². The lowest BCUT2D eigenvalue weighted by molar-refractivity contribution is -0.126. The van der Waals surface area contributed by atoms with Crippen LogP contribution in [-0.2, 0) is 9.53 Å². The second kappa shape index (κ2) is 6.04. The molecule has 8 heteroatoms. The maximum absolute atomic E-state index is 11.7. The molecular formula is C13H18N6O2. The summed E-state index contributed by atoms with van der Waals surface area (Å²) in [7, 11) is 0. The topological polar surface area (TPSA) is 84.6 Å². The highest BCUT2D eigenvalue weighted by Crippen LogP contribution is 2.18. The predicted molar refractivity (Wildman–Crippen MR) is 76.0 cm³/mol. The molecule has 0 aliphatic carbocycles. The Labute approximate surface area is 122 Å². The van der Waals surface area contributed by atoms with Crippen LogP contribution in [0.5, 0.6) is 0 Å². The largest absolute Gasteiger partial charge is 0.372 e. The highest BCUT2D eigenvalue weighted by Gasteiger charge is 2.25. The number of hydrogen-bond donors (Lipinski definition) is 1. The van der Waals surface area contributed by atoms with Crippen LogP contribution in [0.25, 0.3) is 5.65 Å². The smallest absolute Gasteiger partial charge is 0.246 e. The Morgan fingerprint density at radius 3 is 3.29 bits per heavy atom. The summed E-state index contributed by atoms with van der Waals surface area (Å²) in [6, 6.07) is 3.95. The second-order valence-corrected chi connectivity index (χ2v) is 4.96. The van der Waals surface area contributed by atoms with Crippen molar-refractivity contribution in [3.05, 3.63) is 18.5 Å². The summed E-state index contributed by atoms with van der Waals surface area (Å²) >= 11 is 0. The zero-order valence-electron chi connectivity index (χ0n) is 11.9. The predicted octanol–water partition coefficient (Wildman–Crippen LogP) is -0.144. The molecule has 0 aromatic carbocycles. The van der Waals surface area contributed by atoms with Gasteiger partial charge in [-0.25, -0.2) is 0 Å². The molecule has 3 rings (SSSR count). The molecule has 0 bridgehead atoms. The van der Waals surface area contributed by atoms with Gasteiger partial charge in [0.1, 0.15) is 18.8 Å². The molecule has 8 nitrogen and oxygen atoms in total. The first-order valence-electron chi connectivity index (χ1n) is 7.05. The van der Waals surface area contributed by atoms with Crippen molar-refractivity contribution < 1.29 is 9.53 Å². The molecule has 0 radical (unpaired) electrons. The standard InChI is InChI=1S/C13H18N6O2/c1-2-21-8-13(20)15-10-5-6-18(7-10)12-4-3-11-16-14-9-19(11)17-12/h3-4,9-10H,2,5-8H2,1H3,(H,15,20)/t10-/m0/s1. The van der Waals surface area contributed by atoms with E-state index in [1.165, 1.54) is 0 Å². The van der Waals surface area contributed by atoms with Crippen LogP contribution in [0.4, 0.5) is 5.82 Å². The average Bonchev–Trinajstić information content (AvgIpc) is 3.12. The Morgan fingerprint density at radius 2 is 2.43 bits per heavy atom. The Morgan fingerprint density at radius 1 is 1.52 bits per heavy atom. The molecule has 0 unspecified atom stereocenters. The molecule has 3 heterocycles. The molecule has 112 valence electrons. The van der Waals surface area contributed by atoms with E-state index in [1.807, 2.05) is 19.1 Å². The highest BCUT2D eigenvalue weighted by molar-refractivity contribution is 5.77. The van der Waals surface area contributed by atoms with Crippen LogP contribution in [0, 0.1) is 0 Å². The number of aromatic nitrogens is 4. The van der Waals surface area contributed by atoms with Gasteiger partial charge in [0, 0.05) is 25.7 Å². The van der Waals surface area contributed by atoms with Gasteiger partial charge in [-0.3, -0.25) is 4.79 Å². The molecule has 21 heavy (non-hydrogen) atoms. The molecular weight excluding hydrogens is 272 g/mol. The summed E-state index contributed by atoms with van der Waals surface area (Å²) < 4.78 is 6.75. The summed E-state index contributed by atoms with van der Waals surface area (Å²) in [5, 5.41) is 15.2. The van der Waals surface area contributed by atoms with E-state index in [2.05, 4.69) is 25.5 Å². The Bertz CT molecular complexity index is 628. The van der Waals surface area contributed by atoms with Gasteiger partial charge in [-0.2, -0.15) is 4.52 Å². The number of nitrogens with zero attached hydrogens (tertiary/aromatic N) is 5.